The summed E-state index contributed by atoms with van der Waals surface area (Å²) in [4.78, 5) is 18.7. The van der Waals surface area contributed by atoms with Crippen molar-refractivity contribution in [3.05, 3.63) is 78.2 Å². The Balaban J connectivity index is 1.76. The molecular formula is C19H19N3O2. The number of benzene rings is 2. The molecule has 122 valence electrons. The molecule has 1 atom stereocenters. The van der Waals surface area contributed by atoms with Crippen molar-refractivity contribution in [1.29, 1.82) is 0 Å². The van der Waals surface area contributed by atoms with Crippen LogP contribution < -0.4 is 5.32 Å². The molecule has 3 aromatic rings. The van der Waals surface area contributed by atoms with Crippen LogP contribution in [0.4, 0.5) is 4.79 Å². The van der Waals surface area contributed by atoms with Gasteiger partial charge in [0.1, 0.15) is 5.82 Å². The van der Waals surface area contributed by atoms with E-state index in [2.05, 4.69) is 15.3 Å². The summed E-state index contributed by atoms with van der Waals surface area (Å²) in [6.07, 6.45) is 2.10. The van der Waals surface area contributed by atoms with E-state index in [4.69, 9.17) is 5.11 Å². The smallest absolute Gasteiger partial charge is 0.405 e. The highest BCUT2D eigenvalue weighted by molar-refractivity contribution is 5.65. The topological polar surface area (TPSA) is 78.0 Å². The quantitative estimate of drug-likeness (QED) is 0.641. The van der Waals surface area contributed by atoms with Gasteiger partial charge in [-0.2, -0.15) is 0 Å². The molecule has 24 heavy (non-hydrogen) atoms. The van der Waals surface area contributed by atoms with Gasteiger partial charge < -0.3 is 15.4 Å². The van der Waals surface area contributed by atoms with Crippen LogP contribution in [0.2, 0.25) is 0 Å². The molecule has 1 amide bonds. The Morgan fingerprint density at radius 2 is 1.75 bits per heavy atom. The van der Waals surface area contributed by atoms with Crippen molar-refractivity contribution >= 4 is 6.09 Å². The van der Waals surface area contributed by atoms with E-state index in [1.807, 2.05) is 60.7 Å². The fourth-order valence-electron chi connectivity index (χ4n) is 2.66. The molecular weight excluding hydrogens is 302 g/mol. The Kier molecular flexibility index (Phi) is 4.91. The Labute approximate surface area is 140 Å². The SMILES string of the molecule is O=C(O)N[C@H](CCc1ccccc1)c1ncc(-c2ccccc2)[nH]1. The minimum atomic E-state index is -1.05. The van der Waals surface area contributed by atoms with Gasteiger partial charge in [-0.1, -0.05) is 60.7 Å². The average Bonchev–Trinajstić information content (AvgIpc) is 3.10. The van der Waals surface area contributed by atoms with Gasteiger partial charge >= 0.3 is 6.09 Å². The Hall–Kier alpha value is -3.08. The van der Waals surface area contributed by atoms with Crippen molar-refractivity contribution in [3.63, 3.8) is 0 Å². The van der Waals surface area contributed by atoms with Gasteiger partial charge in [0, 0.05) is 0 Å². The van der Waals surface area contributed by atoms with Gasteiger partial charge in [0.15, 0.2) is 0 Å². The maximum Gasteiger partial charge on any atom is 0.405 e. The number of amides is 1. The Morgan fingerprint density at radius 1 is 1.08 bits per heavy atom. The monoisotopic (exact) mass is 321 g/mol. The van der Waals surface area contributed by atoms with Crippen LogP contribution in [0.5, 0.6) is 0 Å². The van der Waals surface area contributed by atoms with Gasteiger partial charge in [-0.15, -0.1) is 0 Å². The summed E-state index contributed by atoms with van der Waals surface area (Å²) in [6.45, 7) is 0. The third-order valence-corrected chi connectivity index (χ3v) is 3.87. The van der Waals surface area contributed by atoms with Crippen LogP contribution in [0.1, 0.15) is 23.9 Å². The maximum absolute atomic E-state index is 11.1. The lowest BCUT2D eigenvalue weighted by molar-refractivity contribution is 0.188. The molecule has 0 saturated heterocycles. The lowest BCUT2D eigenvalue weighted by Gasteiger charge is -2.14. The second-order valence-electron chi connectivity index (χ2n) is 5.57. The lowest BCUT2D eigenvalue weighted by atomic mass is 10.0. The molecule has 1 heterocycles. The molecule has 0 aliphatic heterocycles. The van der Waals surface area contributed by atoms with Gasteiger partial charge in [-0.25, -0.2) is 9.78 Å². The predicted molar refractivity (Wildman–Crippen MR) is 92.7 cm³/mol. The van der Waals surface area contributed by atoms with E-state index in [-0.39, 0.29) is 6.04 Å². The first-order valence-corrected chi connectivity index (χ1v) is 7.86. The molecule has 0 aliphatic rings. The second kappa shape index (κ2) is 7.46. The van der Waals surface area contributed by atoms with Gasteiger partial charge in [0.25, 0.3) is 0 Å². The minimum Gasteiger partial charge on any atom is -0.465 e. The van der Waals surface area contributed by atoms with Crippen LogP contribution >= 0.6 is 0 Å². The van der Waals surface area contributed by atoms with Crippen LogP contribution in [0.3, 0.4) is 0 Å². The summed E-state index contributed by atoms with van der Waals surface area (Å²) < 4.78 is 0. The van der Waals surface area contributed by atoms with Crippen LogP contribution in [0.15, 0.2) is 66.9 Å². The zero-order valence-electron chi connectivity index (χ0n) is 13.1. The van der Waals surface area contributed by atoms with Crippen molar-refractivity contribution in [2.24, 2.45) is 0 Å². The first-order chi connectivity index (χ1) is 11.7. The number of carbonyl (C=O) groups is 1. The summed E-state index contributed by atoms with van der Waals surface area (Å²) in [5.41, 5.74) is 3.07. The molecule has 0 saturated carbocycles. The molecule has 0 aliphatic carbocycles. The Morgan fingerprint density at radius 3 is 2.42 bits per heavy atom. The average molecular weight is 321 g/mol. The highest BCUT2D eigenvalue weighted by atomic mass is 16.4. The van der Waals surface area contributed by atoms with Gasteiger partial charge in [0.2, 0.25) is 0 Å². The van der Waals surface area contributed by atoms with Gasteiger partial charge in [-0.05, 0) is 24.0 Å². The normalized spacial score (nSPS) is 11.8. The molecule has 0 unspecified atom stereocenters. The highest BCUT2D eigenvalue weighted by Crippen LogP contribution is 2.21. The molecule has 3 N–H and O–H groups in total. The van der Waals surface area contributed by atoms with E-state index < -0.39 is 6.09 Å². The van der Waals surface area contributed by atoms with Crippen molar-refractivity contribution in [1.82, 2.24) is 15.3 Å². The van der Waals surface area contributed by atoms with Crippen molar-refractivity contribution < 1.29 is 9.90 Å². The summed E-state index contributed by atoms with van der Waals surface area (Å²) >= 11 is 0. The number of H-pyrrole nitrogens is 1. The van der Waals surface area contributed by atoms with Gasteiger partial charge in [-0.3, -0.25) is 0 Å². The molecule has 5 nitrogen and oxygen atoms in total. The van der Waals surface area contributed by atoms with Gasteiger partial charge in [0.05, 0.1) is 17.9 Å². The summed E-state index contributed by atoms with van der Waals surface area (Å²) in [6, 6.07) is 19.5. The molecule has 0 radical (unpaired) electrons. The number of aromatic nitrogens is 2. The van der Waals surface area contributed by atoms with E-state index in [0.29, 0.717) is 12.2 Å². The predicted octanol–water partition coefficient (Wildman–Crippen LogP) is 4.02. The molecule has 1 aromatic heterocycles. The van der Waals surface area contributed by atoms with Crippen LogP contribution in [0.25, 0.3) is 11.3 Å². The van der Waals surface area contributed by atoms with Crippen LogP contribution in [0, 0.1) is 0 Å². The van der Waals surface area contributed by atoms with Crippen molar-refractivity contribution in [2.45, 2.75) is 18.9 Å². The van der Waals surface area contributed by atoms with E-state index >= 15 is 0 Å². The fraction of sp³-hybridized carbons (Fsp3) is 0.158. The van der Waals surface area contributed by atoms with E-state index in [0.717, 1.165) is 17.7 Å². The number of rotatable bonds is 6. The van der Waals surface area contributed by atoms with E-state index in [1.165, 1.54) is 5.56 Å². The second-order valence-corrected chi connectivity index (χ2v) is 5.57. The minimum absolute atomic E-state index is 0.375. The fourth-order valence-corrected chi connectivity index (χ4v) is 2.66. The number of imidazole rings is 1. The van der Waals surface area contributed by atoms with E-state index in [9.17, 15) is 4.79 Å². The van der Waals surface area contributed by atoms with E-state index in [1.54, 1.807) is 6.20 Å². The molecule has 2 aromatic carbocycles. The summed E-state index contributed by atoms with van der Waals surface area (Å²) in [5.74, 6) is 0.632. The molecule has 0 fully saturated rings. The summed E-state index contributed by atoms with van der Waals surface area (Å²) in [5, 5.41) is 11.7. The number of nitrogens with zero attached hydrogens (tertiary/aromatic N) is 1. The number of aryl methyl sites for hydroxylation is 1. The summed E-state index contributed by atoms with van der Waals surface area (Å²) in [7, 11) is 0. The first kappa shape index (κ1) is 15.8. The third-order valence-electron chi connectivity index (χ3n) is 3.87. The standard InChI is InChI=1S/C19H19N3O2/c23-19(24)22-16(12-11-14-7-3-1-4-8-14)18-20-13-17(21-18)15-9-5-2-6-10-15/h1-10,13,16,22H,11-12H2,(H,20,21)(H,23,24)/t16-/m1/s1. The number of hydrogen-bond acceptors (Lipinski definition) is 2. The Bertz CT molecular complexity index is 785. The van der Waals surface area contributed by atoms with Crippen molar-refractivity contribution in [2.75, 3.05) is 0 Å². The largest absolute Gasteiger partial charge is 0.465 e. The number of hydrogen-bond donors (Lipinski definition) is 3. The molecule has 3 rings (SSSR count). The van der Waals surface area contributed by atoms with Crippen molar-refractivity contribution in [3.8, 4) is 11.3 Å². The zero-order valence-corrected chi connectivity index (χ0v) is 13.1. The third kappa shape index (κ3) is 4.01. The molecule has 0 bridgehead atoms. The lowest BCUT2D eigenvalue weighted by Crippen LogP contribution is -2.28. The molecule has 0 spiro atoms. The first-order valence-electron chi connectivity index (χ1n) is 7.86. The highest BCUT2D eigenvalue weighted by Gasteiger charge is 2.17. The number of aromatic amines is 1. The maximum atomic E-state index is 11.1. The number of carboxylic acid groups (broad SMARTS) is 1. The number of nitrogens with one attached hydrogen (secondary N) is 2. The van der Waals surface area contributed by atoms with Crippen LogP contribution in [-0.4, -0.2) is 21.2 Å². The van der Waals surface area contributed by atoms with Crippen LogP contribution in [-0.2, 0) is 6.42 Å². The zero-order chi connectivity index (χ0) is 16.8. The molecule has 5 heteroatoms.